The SMILES string of the molecule is O=C(Nc1c(F)cc(F)cc1[N+](=O)[O-])c1cc(Br)c[nH]1. The minimum absolute atomic E-state index is 0.0647. The van der Waals surface area contributed by atoms with E-state index >= 15 is 0 Å². The number of nitro groups is 1. The van der Waals surface area contributed by atoms with Crippen molar-refractivity contribution in [1.29, 1.82) is 0 Å². The second-order valence-corrected chi connectivity index (χ2v) is 4.64. The lowest BCUT2D eigenvalue weighted by atomic mass is 10.2. The molecule has 0 bridgehead atoms. The van der Waals surface area contributed by atoms with Crippen molar-refractivity contribution in [2.75, 3.05) is 5.32 Å². The Labute approximate surface area is 119 Å². The third-order valence-corrected chi connectivity index (χ3v) is 2.82. The highest BCUT2D eigenvalue weighted by atomic mass is 79.9. The lowest BCUT2D eigenvalue weighted by Crippen LogP contribution is -2.15. The van der Waals surface area contributed by atoms with Crippen LogP contribution < -0.4 is 5.32 Å². The molecule has 1 aromatic carbocycles. The quantitative estimate of drug-likeness (QED) is 0.661. The summed E-state index contributed by atoms with van der Waals surface area (Å²) in [5, 5.41) is 12.8. The summed E-state index contributed by atoms with van der Waals surface area (Å²) in [6.07, 6.45) is 1.46. The Morgan fingerprint density at radius 3 is 2.60 bits per heavy atom. The van der Waals surface area contributed by atoms with E-state index < -0.39 is 33.8 Å². The second kappa shape index (κ2) is 5.37. The highest BCUT2D eigenvalue weighted by Crippen LogP contribution is 2.29. The number of hydrogen-bond donors (Lipinski definition) is 2. The third-order valence-electron chi connectivity index (χ3n) is 2.36. The predicted octanol–water partition coefficient (Wildman–Crippen LogP) is 3.22. The van der Waals surface area contributed by atoms with E-state index in [2.05, 4.69) is 20.9 Å². The molecule has 0 unspecified atom stereocenters. The number of rotatable bonds is 3. The molecule has 0 atom stereocenters. The molecular formula is C11H6BrF2N3O3. The predicted molar refractivity (Wildman–Crippen MR) is 69.5 cm³/mol. The lowest BCUT2D eigenvalue weighted by Gasteiger charge is -2.06. The van der Waals surface area contributed by atoms with Crippen molar-refractivity contribution in [2.45, 2.75) is 0 Å². The summed E-state index contributed by atoms with van der Waals surface area (Å²) < 4.78 is 27.1. The Bertz CT molecular complexity index is 702. The zero-order valence-corrected chi connectivity index (χ0v) is 11.2. The standard InChI is InChI=1S/C11H6BrF2N3O3/c12-5-1-8(15-4-5)11(18)16-10-7(14)2-6(13)3-9(10)17(19)20/h1-4,15H,(H,16,18). The van der Waals surface area contributed by atoms with E-state index in [0.717, 1.165) is 0 Å². The molecule has 2 aromatic rings. The van der Waals surface area contributed by atoms with E-state index in [0.29, 0.717) is 16.6 Å². The van der Waals surface area contributed by atoms with Crippen LogP contribution in [0.3, 0.4) is 0 Å². The number of carbonyl (C=O) groups is 1. The largest absolute Gasteiger partial charge is 0.356 e. The van der Waals surface area contributed by atoms with Crippen LogP contribution >= 0.6 is 15.9 Å². The molecule has 0 fully saturated rings. The van der Waals surface area contributed by atoms with Crippen molar-refractivity contribution < 1.29 is 18.5 Å². The fraction of sp³-hybridized carbons (Fsp3) is 0. The van der Waals surface area contributed by atoms with Crippen molar-refractivity contribution in [2.24, 2.45) is 0 Å². The van der Waals surface area contributed by atoms with Crippen LogP contribution in [0.25, 0.3) is 0 Å². The van der Waals surface area contributed by atoms with Crippen LogP contribution in [0.2, 0.25) is 0 Å². The van der Waals surface area contributed by atoms with E-state index in [9.17, 15) is 23.7 Å². The van der Waals surface area contributed by atoms with Crippen LogP contribution in [0.1, 0.15) is 10.5 Å². The maximum absolute atomic E-state index is 13.6. The number of hydrogen-bond acceptors (Lipinski definition) is 3. The molecule has 0 aliphatic carbocycles. The van der Waals surface area contributed by atoms with Gasteiger partial charge in [0, 0.05) is 16.7 Å². The highest BCUT2D eigenvalue weighted by molar-refractivity contribution is 9.10. The summed E-state index contributed by atoms with van der Waals surface area (Å²) in [4.78, 5) is 24.1. The van der Waals surface area contributed by atoms with Crippen LogP contribution in [0.5, 0.6) is 0 Å². The summed E-state index contributed by atoms with van der Waals surface area (Å²) in [5.41, 5.74) is -1.48. The maximum atomic E-state index is 13.6. The van der Waals surface area contributed by atoms with Gasteiger partial charge in [-0.3, -0.25) is 14.9 Å². The lowest BCUT2D eigenvalue weighted by molar-refractivity contribution is -0.384. The Hall–Kier alpha value is -2.29. The normalized spacial score (nSPS) is 10.3. The molecule has 2 rings (SSSR count). The first-order valence-electron chi connectivity index (χ1n) is 5.17. The fourth-order valence-electron chi connectivity index (χ4n) is 1.51. The van der Waals surface area contributed by atoms with Gasteiger partial charge in [0.05, 0.1) is 11.0 Å². The van der Waals surface area contributed by atoms with Gasteiger partial charge >= 0.3 is 0 Å². The molecule has 104 valence electrons. The fourth-order valence-corrected chi connectivity index (χ4v) is 1.85. The van der Waals surface area contributed by atoms with Gasteiger partial charge in [0.15, 0.2) is 11.5 Å². The van der Waals surface area contributed by atoms with Crippen molar-refractivity contribution in [3.05, 3.63) is 56.3 Å². The first-order chi connectivity index (χ1) is 9.38. The van der Waals surface area contributed by atoms with Crippen LogP contribution in [-0.2, 0) is 0 Å². The van der Waals surface area contributed by atoms with Gasteiger partial charge in [-0.1, -0.05) is 0 Å². The van der Waals surface area contributed by atoms with E-state index in [1.807, 2.05) is 5.32 Å². The Balaban J connectivity index is 2.38. The van der Waals surface area contributed by atoms with Crippen molar-refractivity contribution in [1.82, 2.24) is 4.98 Å². The van der Waals surface area contributed by atoms with E-state index in [-0.39, 0.29) is 5.69 Å². The Kier molecular flexibility index (Phi) is 3.79. The van der Waals surface area contributed by atoms with Gasteiger partial charge < -0.3 is 10.3 Å². The number of nitrogens with one attached hydrogen (secondary N) is 2. The first-order valence-corrected chi connectivity index (χ1v) is 5.96. The Morgan fingerprint density at radius 1 is 1.35 bits per heavy atom. The molecule has 0 aliphatic heterocycles. The molecular weight excluding hydrogens is 340 g/mol. The molecule has 0 saturated carbocycles. The monoisotopic (exact) mass is 345 g/mol. The molecule has 20 heavy (non-hydrogen) atoms. The molecule has 9 heteroatoms. The number of aromatic amines is 1. The van der Waals surface area contributed by atoms with Gasteiger partial charge in [0.25, 0.3) is 11.6 Å². The smallest absolute Gasteiger partial charge is 0.298 e. The van der Waals surface area contributed by atoms with E-state index in [1.54, 1.807) is 0 Å². The summed E-state index contributed by atoms with van der Waals surface area (Å²) in [5.74, 6) is -3.12. The first kappa shape index (κ1) is 14.1. The number of anilines is 1. The number of H-pyrrole nitrogens is 1. The summed E-state index contributed by atoms with van der Waals surface area (Å²) in [7, 11) is 0. The summed E-state index contributed by atoms with van der Waals surface area (Å²) in [6, 6.07) is 2.39. The minimum Gasteiger partial charge on any atom is -0.356 e. The van der Waals surface area contributed by atoms with Crippen LogP contribution in [0, 0.1) is 21.7 Å². The number of aromatic nitrogens is 1. The average molecular weight is 346 g/mol. The summed E-state index contributed by atoms with van der Waals surface area (Å²) in [6.45, 7) is 0. The minimum atomic E-state index is -1.23. The van der Waals surface area contributed by atoms with Gasteiger partial charge in [-0.05, 0) is 22.0 Å². The molecule has 0 saturated heterocycles. The van der Waals surface area contributed by atoms with Gasteiger partial charge in [-0.2, -0.15) is 0 Å². The van der Waals surface area contributed by atoms with E-state index in [1.165, 1.54) is 12.3 Å². The average Bonchev–Trinajstić information content (AvgIpc) is 2.78. The molecule has 1 amide bonds. The number of amides is 1. The Morgan fingerprint density at radius 2 is 2.05 bits per heavy atom. The highest BCUT2D eigenvalue weighted by Gasteiger charge is 2.23. The number of nitrogens with zero attached hydrogens (tertiary/aromatic N) is 1. The van der Waals surface area contributed by atoms with Gasteiger partial charge in [-0.25, -0.2) is 8.78 Å². The topological polar surface area (TPSA) is 88.0 Å². The third kappa shape index (κ3) is 2.82. The number of carbonyl (C=O) groups excluding carboxylic acids is 1. The van der Waals surface area contributed by atoms with Gasteiger partial charge in [0.2, 0.25) is 0 Å². The van der Waals surface area contributed by atoms with E-state index in [4.69, 9.17) is 0 Å². The number of nitro benzene ring substituents is 1. The second-order valence-electron chi connectivity index (χ2n) is 3.72. The van der Waals surface area contributed by atoms with Crippen LogP contribution in [0.15, 0.2) is 28.9 Å². The van der Waals surface area contributed by atoms with Crippen LogP contribution in [-0.4, -0.2) is 15.8 Å². The molecule has 2 N–H and O–H groups in total. The molecule has 0 radical (unpaired) electrons. The molecule has 1 aromatic heterocycles. The van der Waals surface area contributed by atoms with Crippen molar-refractivity contribution >= 4 is 33.2 Å². The number of halogens is 3. The zero-order valence-electron chi connectivity index (χ0n) is 9.62. The zero-order chi connectivity index (χ0) is 14.9. The van der Waals surface area contributed by atoms with Crippen LogP contribution in [0.4, 0.5) is 20.2 Å². The van der Waals surface area contributed by atoms with Gasteiger partial charge in [0.1, 0.15) is 11.5 Å². The summed E-state index contributed by atoms with van der Waals surface area (Å²) >= 11 is 3.10. The molecule has 1 heterocycles. The van der Waals surface area contributed by atoms with Crippen molar-refractivity contribution in [3.8, 4) is 0 Å². The van der Waals surface area contributed by atoms with Crippen molar-refractivity contribution in [3.63, 3.8) is 0 Å². The number of benzene rings is 1. The molecule has 0 aliphatic rings. The molecule has 6 nitrogen and oxygen atoms in total. The van der Waals surface area contributed by atoms with Gasteiger partial charge in [-0.15, -0.1) is 0 Å². The maximum Gasteiger partial charge on any atom is 0.298 e. The molecule has 0 spiro atoms.